The van der Waals surface area contributed by atoms with E-state index in [4.69, 9.17) is 0 Å². The predicted molar refractivity (Wildman–Crippen MR) is 95.5 cm³/mol. The summed E-state index contributed by atoms with van der Waals surface area (Å²) in [6, 6.07) is 13.7. The smallest absolute Gasteiger partial charge is 0.268 e. The minimum Gasteiger partial charge on any atom is -0.350 e. The monoisotopic (exact) mass is 349 g/mol. The Morgan fingerprint density at radius 1 is 1.23 bits per heavy atom. The Hall–Kier alpha value is -3.48. The Morgan fingerprint density at radius 3 is 2.73 bits per heavy atom. The molecule has 1 atom stereocenters. The molecule has 1 amide bonds. The molecule has 0 saturated carbocycles. The number of hydrogen-bond donors (Lipinski definition) is 2. The molecule has 2 aromatic heterocycles. The number of fused-ring (bicyclic) bond motifs is 1. The number of carbonyl (C=O) groups excluding carboxylic acids is 1. The molecule has 0 aliphatic heterocycles. The van der Waals surface area contributed by atoms with Crippen LogP contribution >= 0.6 is 0 Å². The quantitative estimate of drug-likeness (QED) is 0.593. The molecule has 1 unspecified atom stereocenters. The minimum atomic E-state index is -0.352. The maximum atomic E-state index is 13.8. The number of carbonyl (C=O) groups is 1. The maximum absolute atomic E-state index is 13.8. The van der Waals surface area contributed by atoms with Crippen molar-refractivity contribution in [3.05, 3.63) is 78.3 Å². The summed E-state index contributed by atoms with van der Waals surface area (Å²) in [5.41, 5.74) is 2.76. The van der Waals surface area contributed by atoms with E-state index in [-0.39, 0.29) is 17.8 Å². The number of halogens is 1. The van der Waals surface area contributed by atoms with Crippen molar-refractivity contribution in [2.75, 3.05) is 0 Å². The molecule has 0 spiro atoms. The van der Waals surface area contributed by atoms with Crippen LogP contribution in [-0.4, -0.2) is 25.7 Å². The predicted octanol–water partition coefficient (Wildman–Crippen LogP) is 3.38. The Morgan fingerprint density at radius 2 is 2.04 bits per heavy atom. The number of amides is 1. The molecule has 0 fully saturated rings. The van der Waals surface area contributed by atoms with Gasteiger partial charge in [-0.3, -0.25) is 4.79 Å². The van der Waals surface area contributed by atoms with E-state index < -0.39 is 0 Å². The zero-order valence-electron chi connectivity index (χ0n) is 14.0. The van der Waals surface area contributed by atoms with Crippen LogP contribution in [-0.2, 0) is 0 Å². The molecule has 6 nitrogen and oxygen atoms in total. The van der Waals surface area contributed by atoms with Gasteiger partial charge in [0.2, 0.25) is 0 Å². The van der Waals surface area contributed by atoms with Crippen LogP contribution in [0.15, 0.2) is 61.2 Å². The van der Waals surface area contributed by atoms with E-state index in [1.807, 2.05) is 31.2 Å². The second-order valence-electron chi connectivity index (χ2n) is 6.01. The van der Waals surface area contributed by atoms with Crippen molar-refractivity contribution < 1.29 is 9.18 Å². The van der Waals surface area contributed by atoms with Crippen molar-refractivity contribution in [3.8, 4) is 5.69 Å². The van der Waals surface area contributed by atoms with Gasteiger partial charge in [-0.1, -0.05) is 18.2 Å². The van der Waals surface area contributed by atoms with E-state index in [0.29, 0.717) is 16.6 Å². The standard InChI is InChI=1S/C19H16FN5O/c1-12(13-5-7-14(8-6-13)25-11-21-10-22-25)23-19(26)18-9-15-16(20)3-2-4-17(15)24-18/h2-12,24H,1H3,(H,23,26). The van der Waals surface area contributed by atoms with Crippen LogP contribution in [0.5, 0.6) is 0 Å². The number of benzene rings is 2. The zero-order valence-corrected chi connectivity index (χ0v) is 14.0. The average Bonchev–Trinajstić information content (AvgIpc) is 3.32. The number of aromatic nitrogens is 4. The molecule has 2 aromatic carbocycles. The van der Waals surface area contributed by atoms with Crippen molar-refractivity contribution in [2.24, 2.45) is 0 Å². The fourth-order valence-electron chi connectivity index (χ4n) is 2.86. The highest BCUT2D eigenvalue weighted by atomic mass is 19.1. The fourth-order valence-corrected chi connectivity index (χ4v) is 2.86. The lowest BCUT2D eigenvalue weighted by atomic mass is 10.1. The lowest BCUT2D eigenvalue weighted by Crippen LogP contribution is -2.26. The number of rotatable bonds is 4. The van der Waals surface area contributed by atoms with Gasteiger partial charge in [0.05, 0.1) is 11.7 Å². The van der Waals surface area contributed by atoms with Crippen LogP contribution in [0, 0.1) is 5.82 Å². The summed E-state index contributed by atoms with van der Waals surface area (Å²) in [5, 5.41) is 7.40. The highest BCUT2D eigenvalue weighted by Gasteiger charge is 2.15. The number of nitrogens with zero attached hydrogens (tertiary/aromatic N) is 3. The molecule has 0 saturated heterocycles. The summed E-state index contributed by atoms with van der Waals surface area (Å²) in [4.78, 5) is 19.3. The zero-order chi connectivity index (χ0) is 18.1. The Bertz CT molecular complexity index is 1050. The minimum absolute atomic E-state index is 0.205. The number of H-pyrrole nitrogens is 1. The van der Waals surface area contributed by atoms with Gasteiger partial charge in [0.1, 0.15) is 24.2 Å². The van der Waals surface area contributed by atoms with Gasteiger partial charge in [0.25, 0.3) is 5.91 Å². The van der Waals surface area contributed by atoms with Crippen molar-refractivity contribution in [3.63, 3.8) is 0 Å². The van der Waals surface area contributed by atoms with Crippen molar-refractivity contribution in [2.45, 2.75) is 13.0 Å². The van der Waals surface area contributed by atoms with E-state index >= 15 is 0 Å². The van der Waals surface area contributed by atoms with E-state index in [9.17, 15) is 9.18 Å². The molecule has 0 aliphatic rings. The van der Waals surface area contributed by atoms with Crippen LogP contribution in [0.4, 0.5) is 4.39 Å². The SMILES string of the molecule is CC(NC(=O)c1cc2c(F)cccc2[nH]1)c1ccc(-n2cncn2)cc1. The first-order valence-electron chi connectivity index (χ1n) is 8.15. The van der Waals surface area contributed by atoms with Crippen LogP contribution in [0.2, 0.25) is 0 Å². The first-order valence-corrected chi connectivity index (χ1v) is 8.15. The van der Waals surface area contributed by atoms with Gasteiger partial charge in [-0.15, -0.1) is 0 Å². The van der Waals surface area contributed by atoms with Gasteiger partial charge < -0.3 is 10.3 Å². The molecule has 0 bridgehead atoms. The van der Waals surface area contributed by atoms with Crippen LogP contribution in [0.3, 0.4) is 0 Å². The van der Waals surface area contributed by atoms with Crippen molar-refractivity contribution >= 4 is 16.8 Å². The molecule has 7 heteroatoms. The van der Waals surface area contributed by atoms with Gasteiger partial charge in [-0.2, -0.15) is 5.10 Å². The number of hydrogen-bond acceptors (Lipinski definition) is 3. The first kappa shape index (κ1) is 16.0. The molecular formula is C19H16FN5O. The van der Waals surface area contributed by atoms with E-state index in [1.54, 1.807) is 23.1 Å². The molecule has 2 heterocycles. The lowest BCUT2D eigenvalue weighted by molar-refractivity contribution is 0.0935. The van der Waals surface area contributed by atoms with Gasteiger partial charge in [0, 0.05) is 10.9 Å². The molecule has 130 valence electrons. The van der Waals surface area contributed by atoms with Gasteiger partial charge in [-0.25, -0.2) is 14.1 Å². The molecular weight excluding hydrogens is 333 g/mol. The third-order valence-corrected chi connectivity index (χ3v) is 4.28. The highest BCUT2D eigenvalue weighted by molar-refractivity contribution is 5.98. The number of aromatic amines is 1. The van der Waals surface area contributed by atoms with Crippen LogP contribution in [0.1, 0.15) is 29.0 Å². The van der Waals surface area contributed by atoms with Crippen LogP contribution in [0.25, 0.3) is 16.6 Å². The third-order valence-electron chi connectivity index (χ3n) is 4.28. The molecule has 0 radical (unpaired) electrons. The number of nitrogens with one attached hydrogen (secondary N) is 2. The summed E-state index contributed by atoms with van der Waals surface area (Å²) in [7, 11) is 0. The normalized spacial score (nSPS) is 12.2. The van der Waals surface area contributed by atoms with Crippen LogP contribution < -0.4 is 5.32 Å². The summed E-state index contributed by atoms with van der Waals surface area (Å²) in [6.45, 7) is 1.89. The topological polar surface area (TPSA) is 75.6 Å². The lowest BCUT2D eigenvalue weighted by Gasteiger charge is -2.14. The van der Waals surface area contributed by atoms with E-state index in [0.717, 1.165) is 11.3 Å². The Labute approximate surface area is 148 Å². The summed E-state index contributed by atoms with van der Waals surface area (Å²) < 4.78 is 15.4. The highest BCUT2D eigenvalue weighted by Crippen LogP contribution is 2.20. The van der Waals surface area contributed by atoms with Crippen molar-refractivity contribution in [1.82, 2.24) is 25.1 Å². The Balaban J connectivity index is 1.50. The molecule has 4 aromatic rings. The second kappa shape index (κ2) is 6.44. The molecule has 26 heavy (non-hydrogen) atoms. The van der Waals surface area contributed by atoms with Crippen molar-refractivity contribution in [1.29, 1.82) is 0 Å². The van der Waals surface area contributed by atoms with Gasteiger partial charge in [-0.05, 0) is 42.8 Å². The van der Waals surface area contributed by atoms with Gasteiger partial charge in [0.15, 0.2) is 0 Å². The fraction of sp³-hybridized carbons (Fsp3) is 0.105. The maximum Gasteiger partial charge on any atom is 0.268 e. The van der Waals surface area contributed by atoms with E-state index in [2.05, 4.69) is 20.4 Å². The average molecular weight is 349 g/mol. The molecule has 0 aliphatic carbocycles. The molecule has 2 N–H and O–H groups in total. The second-order valence-corrected chi connectivity index (χ2v) is 6.01. The summed E-state index contributed by atoms with van der Waals surface area (Å²) in [6.07, 6.45) is 3.09. The Kier molecular flexibility index (Phi) is 3.96. The summed E-state index contributed by atoms with van der Waals surface area (Å²) >= 11 is 0. The third kappa shape index (κ3) is 2.95. The molecule has 4 rings (SSSR count). The largest absolute Gasteiger partial charge is 0.350 e. The summed E-state index contributed by atoms with van der Waals surface area (Å²) in [5.74, 6) is -0.636. The van der Waals surface area contributed by atoms with E-state index in [1.165, 1.54) is 18.5 Å². The first-order chi connectivity index (χ1) is 12.6. The van der Waals surface area contributed by atoms with Gasteiger partial charge >= 0.3 is 0 Å².